The van der Waals surface area contributed by atoms with Gasteiger partial charge in [0, 0.05) is 6.07 Å². The van der Waals surface area contributed by atoms with Crippen LogP contribution in [0.4, 0.5) is 5.69 Å². The zero-order chi connectivity index (χ0) is 15.4. The highest BCUT2D eigenvalue weighted by Gasteiger charge is 2.16. The van der Waals surface area contributed by atoms with Crippen molar-refractivity contribution < 1.29 is 14.8 Å². The normalized spacial score (nSPS) is 12.0. The van der Waals surface area contributed by atoms with Gasteiger partial charge in [-0.05, 0) is 42.7 Å². The topological polar surface area (TPSA) is 72.6 Å². The van der Waals surface area contributed by atoms with Gasteiger partial charge >= 0.3 is 5.69 Å². The summed E-state index contributed by atoms with van der Waals surface area (Å²) < 4.78 is 5.58. The number of hydrogen-bond donors (Lipinski definition) is 1. The molecule has 1 atom stereocenters. The monoisotopic (exact) mass is 287 g/mol. The molecule has 2 rings (SSSR count). The molecule has 21 heavy (non-hydrogen) atoms. The van der Waals surface area contributed by atoms with Gasteiger partial charge in [-0.1, -0.05) is 25.1 Å². The molecule has 0 aromatic heterocycles. The van der Waals surface area contributed by atoms with Gasteiger partial charge in [-0.3, -0.25) is 10.1 Å². The molecule has 0 saturated carbocycles. The molecule has 0 amide bonds. The lowest BCUT2D eigenvalue weighted by molar-refractivity contribution is -0.385. The molecule has 1 N–H and O–H groups in total. The first-order valence-electron chi connectivity index (χ1n) is 6.74. The predicted molar refractivity (Wildman–Crippen MR) is 79.6 cm³/mol. The number of nitrogens with zero attached hydrogens (tertiary/aromatic N) is 1. The average molecular weight is 287 g/mol. The summed E-state index contributed by atoms with van der Waals surface area (Å²) in [4.78, 5) is 10.7. The van der Waals surface area contributed by atoms with Crippen LogP contribution in [-0.2, 0) is 6.42 Å². The van der Waals surface area contributed by atoms with Gasteiger partial charge in [0.25, 0.3) is 0 Å². The van der Waals surface area contributed by atoms with Crippen molar-refractivity contribution >= 4 is 5.69 Å². The molecule has 0 radical (unpaired) electrons. The summed E-state index contributed by atoms with van der Waals surface area (Å²) in [5.41, 5.74) is 1.60. The van der Waals surface area contributed by atoms with Gasteiger partial charge in [-0.2, -0.15) is 0 Å². The number of rotatable bonds is 5. The van der Waals surface area contributed by atoms with Crippen LogP contribution in [0.1, 0.15) is 31.1 Å². The van der Waals surface area contributed by atoms with Crippen LogP contribution >= 0.6 is 0 Å². The van der Waals surface area contributed by atoms with E-state index in [1.54, 1.807) is 37.3 Å². The Hall–Kier alpha value is -2.40. The number of aryl methyl sites for hydroxylation is 1. The summed E-state index contributed by atoms with van der Waals surface area (Å²) in [5.74, 6) is 0.703. The minimum absolute atomic E-state index is 0.0473. The summed E-state index contributed by atoms with van der Waals surface area (Å²) in [7, 11) is 0. The molecule has 0 heterocycles. The van der Waals surface area contributed by atoms with E-state index in [4.69, 9.17) is 4.74 Å². The molecule has 1 unspecified atom stereocenters. The lowest BCUT2D eigenvalue weighted by Gasteiger charge is -2.09. The quantitative estimate of drug-likeness (QED) is 0.666. The molecule has 2 aromatic rings. The Balaban J connectivity index is 2.28. The zero-order valence-corrected chi connectivity index (χ0v) is 11.9. The van der Waals surface area contributed by atoms with E-state index in [2.05, 4.69) is 0 Å². The van der Waals surface area contributed by atoms with Crippen molar-refractivity contribution in [3.63, 3.8) is 0 Å². The fraction of sp³-hybridized carbons (Fsp3) is 0.250. The van der Waals surface area contributed by atoms with Crippen molar-refractivity contribution in [2.24, 2.45) is 0 Å². The molecule has 0 aliphatic carbocycles. The molecule has 0 aliphatic heterocycles. The Bertz CT molecular complexity index is 635. The van der Waals surface area contributed by atoms with Crippen molar-refractivity contribution in [3.05, 3.63) is 63.7 Å². The van der Waals surface area contributed by atoms with E-state index >= 15 is 0 Å². The number of ether oxygens (including phenoxy) is 1. The SMILES string of the molecule is CCc1ccc(Oc2ccc(C(C)O)cc2)c([N+](=O)[O-])c1. The van der Waals surface area contributed by atoms with E-state index in [1.807, 2.05) is 13.0 Å². The first kappa shape index (κ1) is 15.0. The molecular weight excluding hydrogens is 270 g/mol. The first-order chi connectivity index (χ1) is 10.0. The number of aliphatic hydroxyl groups is 1. The predicted octanol–water partition coefficient (Wildman–Crippen LogP) is 4.00. The van der Waals surface area contributed by atoms with E-state index in [-0.39, 0.29) is 11.4 Å². The van der Waals surface area contributed by atoms with Crippen LogP contribution in [-0.4, -0.2) is 10.0 Å². The minimum Gasteiger partial charge on any atom is -0.450 e. The third-order valence-electron chi connectivity index (χ3n) is 3.22. The number of nitro groups is 1. The Morgan fingerprint density at radius 2 is 1.90 bits per heavy atom. The summed E-state index contributed by atoms with van der Waals surface area (Å²) in [6.45, 7) is 3.61. The zero-order valence-electron chi connectivity index (χ0n) is 11.9. The molecular formula is C16H17NO4. The fourth-order valence-electron chi connectivity index (χ4n) is 1.95. The number of nitro benzene ring substituents is 1. The second kappa shape index (κ2) is 6.37. The lowest BCUT2D eigenvalue weighted by Crippen LogP contribution is -1.95. The second-order valence-corrected chi connectivity index (χ2v) is 4.76. The largest absolute Gasteiger partial charge is 0.450 e. The highest BCUT2D eigenvalue weighted by molar-refractivity contribution is 5.50. The van der Waals surface area contributed by atoms with E-state index in [0.717, 1.165) is 17.5 Å². The Morgan fingerprint density at radius 1 is 1.24 bits per heavy atom. The van der Waals surface area contributed by atoms with E-state index in [9.17, 15) is 15.2 Å². The lowest BCUT2D eigenvalue weighted by atomic mass is 10.1. The molecule has 0 spiro atoms. The number of aliphatic hydroxyl groups excluding tert-OH is 1. The van der Waals surface area contributed by atoms with Crippen LogP contribution in [0.3, 0.4) is 0 Å². The molecule has 0 saturated heterocycles. The average Bonchev–Trinajstić information content (AvgIpc) is 2.48. The maximum atomic E-state index is 11.1. The number of benzene rings is 2. The molecule has 0 bridgehead atoms. The molecule has 110 valence electrons. The summed E-state index contributed by atoms with van der Waals surface area (Å²) >= 11 is 0. The molecule has 0 aliphatic rings. The standard InChI is InChI=1S/C16H17NO4/c1-3-12-4-9-16(15(10-12)17(19)20)21-14-7-5-13(6-8-14)11(2)18/h4-11,18H,3H2,1-2H3. The number of hydrogen-bond acceptors (Lipinski definition) is 4. The Labute approximate surface area is 123 Å². The van der Waals surface area contributed by atoms with Gasteiger partial charge < -0.3 is 9.84 Å². The van der Waals surface area contributed by atoms with Crippen molar-refractivity contribution in [2.45, 2.75) is 26.4 Å². The van der Waals surface area contributed by atoms with Crippen molar-refractivity contribution in [3.8, 4) is 11.5 Å². The maximum absolute atomic E-state index is 11.1. The Morgan fingerprint density at radius 3 is 2.43 bits per heavy atom. The van der Waals surface area contributed by atoms with Crippen LogP contribution in [0.15, 0.2) is 42.5 Å². The third-order valence-corrected chi connectivity index (χ3v) is 3.22. The molecule has 5 nitrogen and oxygen atoms in total. The third kappa shape index (κ3) is 3.58. The highest BCUT2D eigenvalue weighted by atomic mass is 16.6. The summed E-state index contributed by atoms with van der Waals surface area (Å²) in [6.07, 6.45) is 0.168. The fourth-order valence-corrected chi connectivity index (χ4v) is 1.95. The van der Waals surface area contributed by atoms with Crippen molar-refractivity contribution in [1.82, 2.24) is 0 Å². The van der Waals surface area contributed by atoms with Crippen molar-refractivity contribution in [1.29, 1.82) is 0 Å². The van der Waals surface area contributed by atoms with Crippen LogP contribution in [0.2, 0.25) is 0 Å². The van der Waals surface area contributed by atoms with Crippen LogP contribution in [0.5, 0.6) is 11.5 Å². The van der Waals surface area contributed by atoms with E-state index in [0.29, 0.717) is 5.75 Å². The van der Waals surface area contributed by atoms with E-state index < -0.39 is 11.0 Å². The van der Waals surface area contributed by atoms with Gasteiger partial charge in [0.2, 0.25) is 5.75 Å². The van der Waals surface area contributed by atoms with Crippen LogP contribution in [0, 0.1) is 10.1 Å². The Kier molecular flexibility index (Phi) is 4.55. The minimum atomic E-state index is -0.558. The maximum Gasteiger partial charge on any atom is 0.311 e. The van der Waals surface area contributed by atoms with Gasteiger partial charge in [0.15, 0.2) is 0 Å². The van der Waals surface area contributed by atoms with Crippen LogP contribution < -0.4 is 4.74 Å². The van der Waals surface area contributed by atoms with Crippen LogP contribution in [0.25, 0.3) is 0 Å². The van der Waals surface area contributed by atoms with Gasteiger partial charge in [-0.25, -0.2) is 0 Å². The summed E-state index contributed by atoms with van der Waals surface area (Å²) in [6, 6.07) is 11.8. The smallest absolute Gasteiger partial charge is 0.311 e. The van der Waals surface area contributed by atoms with Gasteiger partial charge in [-0.15, -0.1) is 0 Å². The highest BCUT2D eigenvalue weighted by Crippen LogP contribution is 2.32. The molecule has 5 heteroatoms. The van der Waals surface area contributed by atoms with Crippen molar-refractivity contribution in [2.75, 3.05) is 0 Å². The first-order valence-corrected chi connectivity index (χ1v) is 6.74. The molecule has 0 fully saturated rings. The molecule has 2 aromatic carbocycles. The van der Waals surface area contributed by atoms with Gasteiger partial charge in [0.1, 0.15) is 5.75 Å². The second-order valence-electron chi connectivity index (χ2n) is 4.76. The summed E-state index contributed by atoms with van der Waals surface area (Å²) in [5, 5.41) is 20.6. The van der Waals surface area contributed by atoms with E-state index in [1.165, 1.54) is 6.07 Å². The van der Waals surface area contributed by atoms with Gasteiger partial charge in [0.05, 0.1) is 11.0 Å².